The first-order valence-corrected chi connectivity index (χ1v) is 2.92. The maximum Gasteiger partial charge on any atom is 0.272 e. The van der Waals surface area contributed by atoms with Crippen molar-refractivity contribution in [1.82, 2.24) is 0 Å². The molecule has 0 aromatic heterocycles. The standard InChI is InChI=1S/C6H7NO2/c8-7(9)6-4-2-1-3-5-6/h6H,1-2,4H2. The van der Waals surface area contributed by atoms with Crippen molar-refractivity contribution in [3.8, 4) is 11.8 Å². The van der Waals surface area contributed by atoms with Crippen molar-refractivity contribution in [3.05, 3.63) is 10.1 Å². The minimum absolute atomic E-state index is 0.313. The number of hydrogen-bond acceptors (Lipinski definition) is 2. The van der Waals surface area contributed by atoms with Gasteiger partial charge in [-0.25, -0.2) is 0 Å². The van der Waals surface area contributed by atoms with E-state index in [1.54, 1.807) is 0 Å². The van der Waals surface area contributed by atoms with Crippen molar-refractivity contribution in [2.24, 2.45) is 0 Å². The molecule has 0 spiro atoms. The quantitative estimate of drug-likeness (QED) is 0.296. The highest BCUT2D eigenvalue weighted by Gasteiger charge is 2.17. The zero-order valence-corrected chi connectivity index (χ0v) is 4.96. The highest BCUT2D eigenvalue weighted by molar-refractivity contribution is 5.07. The molecule has 0 bridgehead atoms. The van der Waals surface area contributed by atoms with Gasteiger partial charge in [-0.15, -0.1) is 0 Å². The maximum absolute atomic E-state index is 10.1. The van der Waals surface area contributed by atoms with E-state index >= 15 is 0 Å². The topological polar surface area (TPSA) is 43.1 Å². The molecule has 0 aromatic rings. The molecule has 0 saturated carbocycles. The first kappa shape index (κ1) is 6.09. The van der Waals surface area contributed by atoms with E-state index in [4.69, 9.17) is 0 Å². The summed E-state index contributed by atoms with van der Waals surface area (Å²) >= 11 is 0. The van der Waals surface area contributed by atoms with E-state index < -0.39 is 6.04 Å². The van der Waals surface area contributed by atoms with Crippen molar-refractivity contribution in [1.29, 1.82) is 0 Å². The molecule has 0 aliphatic heterocycles. The van der Waals surface area contributed by atoms with E-state index in [2.05, 4.69) is 11.8 Å². The van der Waals surface area contributed by atoms with Crippen molar-refractivity contribution < 1.29 is 4.92 Å². The molecule has 0 aromatic carbocycles. The molecule has 1 aliphatic carbocycles. The lowest BCUT2D eigenvalue weighted by Gasteiger charge is -2.03. The molecule has 3 heteroatoms. The summed E-state index contributed by atoms with van der Waals surface area (Å²) < 4.78 is 0. The Morgan fingerprint density at radius 1 is 1.67 bits per heavy atom. The van der Waals surface area contributed by atoms with Gasteiger partial charge >= 0.3 is 0 Å². The average Bonchev–Trinajstić information content (AvgIpc) is 1.90. The van der Waals surface area contributed by atoms with Crippen LogP contribution in [0.3, 0.4) is 0 Å². The second-order valence-corrected chi connectivity index (χ2v) is 2.01. The molecule has 1 atom stereocenters. The molecule has 0 fully saturated rings. The lowest BCUT2D eigenvalue weighted by Crippen LogP contribution is -2.18. The minimum atomic E-state index is -0.584. The molecular formula is C6H7NO2. The molecule has 48 valence electrons. The number of hydrogen-bond donors (Lipinski definition) is 0. The third-order valence-electron chi connectivity index (χ3n) is 1.30. The van der Waals surface area contributed by atoms with Crippen LogP contribution < -0.4 is 0 Å². The highest BCUT2D eigenvalue weighted by atomic mass is 16.6. The Kier molecular flexibility index (Phi) is 1.69. The summed E-state index contributed by atoms with van der Waals surface area (Å²) in [4.78, 5) is 9.74. The summed E-state index contributed by atoms with van der Waals surface area (Å²) in [6, 6.07) is -0.584. The molecule has 0 radical (unpaired) electrons. The third-order valence-corrected chi connectivity index (χ3v) is 1.30. The highest BCUT2D eigenvalue weighted by Crippen LogP contribution is 2.06. The fourth-order valence-electron chi connectivity index (χ4n) is 0.804. The summed E-state index contributed by atoms with van der Waals surface area (Å²) in [6.45, 7) is 0. The fourth-order valence-corrected chi connectivity index (χ4v) is 0.804. The van der Waals surface area contributed by atoms with E-state index in [1.807, 2.05) is 0 Å². The van der Waals surface area contributed by atoms with Crippen LogP contribution in [-0.4, -0.2) is 11.0 Å². The van der Waals surface area contributed by atoms with E-state index in [-0.39, 0.29) is 4.92 Å². The van der Waals surface area contributed by atoms with Gasteiger partial charge in [0, 0.05) is 17.8 Å². The molecule has 0 amide bonds. The van der Waals surface area contributed by atoms with Crippen LogP contribution in [0.2, 0.25) is 0 Å². The third kappa shape index (κ3) is 1.43. The molecule has 1 unspecified atom stereocenters. The Bertz CT molecular complexity index is 177. The van der Waals surface area contributed by atoms with Crippen LogP contribution in [0.1, 0.15) is 19.3 Å². The first-order chi connectivity index (χ1) is 4.30. The number of nitro groups is 1. The predicted octanol–water partition coefficient (Wildman–Crippen LogP) is 0.819. The Hall–Kier alpha value is -1.04. The second-order valence-electron chi connectivity index (χ2n) is 2.01. The zero-order valence-electron chi connectivity index (χ0n) is 4.96. The predicted molar refractivity (Wildman–Crippen MR) is 32.4 cm³/mol. The van der Waals surface area contributed by atoms with Crippen LogP contribution in [0.5, 0.6) is 0 Å². The van der Waals surface area contributed by atoms with Crippen LogP contribution >= 0.6 is 0 Å². The van der Waals surface area contributed by atoms with Crippen LogP contribution in [0, 0.1) is 22.0 Å². The Morgan fingerprint density at radius 2 is 2.44 bits per heavy atom. The summed E-state index contributed by atoms with van der Waals surface area (Å²) in [5.74, 6) is 5.29. The molecule has 9 heavy (non-hydrogen) atoms. The largest absolute Gasteiger partial charge is 0.272 e. The molecule has 1 aliphatic rings. The van der Waals surface area contributed by atoms with E-state index in [0.29, 0.717) is 6.42 Å². The second kappa shape index (κ2) is 2.49. The molecular weight excluding hydrogens is 118 g/mol. The minimum Gasteiger partial charge on any atom is -0.263 e. The monoisotopic (exact) mass is 125 g/mol. The summed E-state index contributed by atoms with van der Waals surface area (Å²) in [5.41, 5.74) is 0. The van der Waals surface area contributed by atoms with E-state index in [1.165, 1.54) is 0 Å². The van der Waals surface area contributed by atoms with E-state index in [0.717, 1.165) is 12.8 Å². The summed E-state index contributed by atoms with van der Waals surface area (Å²) in [5, 5.41) is 10.1. The molecule has 0 N–H and O–H groups in total. The van der Waals surface area contributed by atoms with Crippen molar-refractivity contribution in [3.63, 3.8) is 0 Å². The molecule has 3 nitrogen and oxygen atoms in total. The van der Waals surface area contributed by atoms with Crippen molar-refractivity contribution in [2.75, 3.05) is 0 Å². The van der Waals surface area contributed by atoms with Gasteiger partial charge in [-0.3, -0.25) is 10.1 Å². The van der Waals surface area contributed by atoms with E-state index in [9.17, 15) is 10.1 Å². The normalized spacial score (nSPS) is 24.2. The van der Waals surface area contributed by atoms with Gasteiger partial charge in [0.05, 0.1) is 0 Å². The average molecular weight is 125 g/mol. The number of nitrogens with zero attached hydrogens (tertiary/aromatic N) is 1. The van der Waals surface area contributed by atoms with Crippen LogP contribution in [0.4, 0.5) is 0 Å². The Balaban J connectivity index is 2.57. The van der Waals surface area contributed by atoms with Crippen LogP contribution in [0.15, 0.2) is 0 Å². The first-order valence-electron chi connectivity index (χ1n) is 2.92. The van der Waals surface area contributed by atoms with Gasteiger partial charge in [0.1, 0.15) is 0 Å². The lowest BCUT2D eigenvalue weighted by molar-refractivity contribution is -0.507. The smallest absolute Gasteiger partial charge is 0.263 e. The maximum atomic E-state index is 10.1. The number of rotatable bonds is 1. The van der Waals surface area contributed by atoms with Gasteiger partial charge in [-0.05, 0) is 12.3 Å². The van der Waals surface area contributed by atoms with Crippen molar-refractivity contribution in [2.45, 2.75) is 25.3 Å². The molecule has 0 heterocycles. The van der Waals surface area contributed by atoms with Gasteiger partial charge in [-0.1, -0.05) is 5.92 Å². The molecule has 1 rings (SSSR count). The SMILES string of the molecule is O=[N+]([O-])C1C#CCCC1. The van der Waals surface area contributed by atoms with Gasteiger partial charge in [0.15, 0.2) is 0 Å². The van der Waals surface area contributed by atoms with Gasteiger partial charge in [0.2, 0.25) is 0 Å². The van der Waals surface area contributed by atoms with Crippen molar-refractivity contribution >= 4 is 0 Å². The van der Waals surface area contributed by atoms with Gasteiger partial charge < -0.3 is 0 Å². The van der Waals surface area contributed by atoms with Crippen LogP contribution in [-0.2, 0) is 0 Å². The van der Waals surface area contributed by atoms with Crippen LogP contribution in [0.25, 0.3) is 0 Å². The summed E-state index contributed by atoms with van der Waals surface area (Å²) in [7, 11) is 0. The Labute approximate surface area is 53.2 Å². The van der Waals surface area contributed by atoms with Gasteiger partial charge in [0.25, 0.3) is 6.04 Å². The summed E-state index contributed by atoms with van der Waals surface area (Å²) in [6.07, 6.45) is 2.32. The van der Waals surface area contributed by atoms with Gasteiger partial charge in [-0.2, -0.15) is 0 Å². The zero-order chi connectivity index (χ0) is 6.69. The Morgan fingerprint density at radius 3 is 2.78 bits per heavy atom. The molecule has 0 saturated heterocycles. The fraction of sp³-hybridized carbons (Fsp3) is 0.667. The lowest BCUT2D eigenvalue weighted by atomic mass is 10.1.